The van der Waals surface area contributed by atoms with Crippen LogP contribution in [0.5, 0.6) is 0 Å². The third-order valence-electron chi connectivity index (χ3n) is 3.53. The van der Waals surface area contributed by atoms with Crippen molar-refractivity contribution in [2.24, 2.45) is 0 Å². The first-order valence-electron chi connectivity index (χ1n) is 7.25. The Morgan fingerprint density at radius 1 is 1.24 bits per heavy atom. The monoisotopic (exact) mass is 305 g/mol. The zero-order valence-corrected chi connectivity index (χ0v) is 13.7. The number of fused-ring (bicyclic) bond motifs is 1. The summed E-state index contributed by atoms with van der Waals surface area (Å²) in [7, 11) is 4.09. The molecule has 114 valence electrons. The SMILES string of the molecule is CCN(CCCN(C)C)C(=O)c1sc2ccccc2c1N. The van der Waals surface area contributed by atoms with Crippen LogP contribution in [0.15, 0.2) is 24.3 Å². The number of benzene rings is 1. The second-order valence-corrected chi connectivity index (χ2v) is 6.43. The number of nitrogens with zero attached hydrogens (tertiary/aromatic N) is 2. The van der Waals surface area contributed by atoms with Gasteiger partial charge in [0.15, 0.2) is 0 Å². The van der Waals surface area contributed by atoms with Crippen molar-refractivity contribution in [3.8, 4) is 0 Å². The summed E-state index contributed by atoms with van der Waals surface area (Å²) in [5.74, 6) is 0.0509. The highest BCUT2D eigenvalue weighted by Crippen LogP contribution is 2.34. The fourth-order valence-electron chi connectivity index (χ4n) is 2.35. The maximum absolute atomic E-state index is 12.7. The lowest BCUT2D eigenvalue weighted by Crippen LogP contribution is -2.33. The van der Waals surface area contributed by atoms with Gasteiger partial charge in [0.2, 0.25) is 0 Å². The molecule has 0 spiro atoms. The van der Waals surface area contributed by atoms with Crippen LogP contribution in [0.3, 0.4) is 0 Å². The van der Waals surface area contributed by atoms with Gasteiger partial charge in [0, 0.05) is 23.2 Å². The lowest BCUT2D eigenvalue weighted by molar-refractivity contribution is 0.0765. The zero-order chi connectivity index (χ0) is 15.4. The van der Waals surface area contributed by atoms with Crippen molar-refractivity contribution in [3.05, 3.63) is 29.1 Å². The van der Waals surface area contributed by atoms with Crippen LogP contribution in [-0.4, -0.2) is 49.4 Å². The first kappa shape index (κ1) is 15.8. The summed E-state index contributed by atoms with van der Waals surface area (Å²) in [5, 5.41) is 0.982. The molecule has 4 nitrogen and oxygen atoms in total. The Morgan fingerprint density at radius 2 is 1.95 bits per heavy atom. The molecule has 1 aromatic heterocycles. The quantitative estimate of drug-likeness (QED) is 0.893. The Hall–Kier alpha value is -1.59. The smallest absolute Gasteiger partial charge is 0.266 e. The number of carbonyl (C=O) groups excluding carboxylic acids is 1. The Bertz CT molecular complexity index is 621. The minimum absolute atomic E-state index is 0.0509. The van der Waals surface area contributed by atoms with E-state index in [0.29, 0.717) is 17.1 Å². The molecule has 0 saturated carbocycles. The fraction of sp³-hybridized carbons (Fsp3) is 0.438. The van der Waals surface area contributed by atoms with Crippen molar-refractivity contribution >= 4 is 33.0 Å². The predicted octanol–water partition coefficient (Wildman–Crippen LogP) is 2.90. The average molecular weight is 305 g/mol. The minimum Gasteiger partial charge on any atom is -0.397 e. The number of anilines is 1. The normalized spacial score (nSPS) is 11.2. The summed E-state index contributed by atoms with van der Waals surface area (Å²) in [6.07, 6.45) is 0.970. The summed E-state index contributed by atoms with van der Waals surface area (Å²) in [6.45, 7) is 4.46. The molecule has 0 fully saturated rings. The molecule has 1 amide bonds. The molecule has 0 aliphatic heterocycles. The van der Waals surface area contributed by atoms with E-state index in [-0.39, 0.29) is 5.91 Å². The highest BCUT2D eigenvalue weighted by Gasteiger charge is 2.20. The van der Waals surface area contributed by atoms with E-state index in [4.69, 9.17) is 5.73 Å². The van der Waals surface area contributed by atoms with Crippen LogP contribution in [0.25, 0.3) is 10.1 Å². The van der Waals surface area contributed by atoms with Gasteiger partial charge in [-0.1, -0.05) is 18.2 Å². The highest BCUT2D eigenvalue weighted by molar-refractivity contribution is 7.21. The molecule has 2 aromatic rings. The van der Waals surface area contributed by atoms with E-state index in [1.54, 1.807) is 0 Å². The van der Waals surface area contributed by atoms with Crippen molar-refractivity contribution in [2.45, 2.75) is 13.3 Å². The Labute approximate surface area is 130 Å². The molecule has 0 bridgehead atoms. The minimum atomic E-state index is 0.0509. The largest absolute Gasteiger partial charge is 0.397 e. The first-order chi connectivity index (χ1) is 10.0. The Balaban J connectivity index is 2.17. The number of carbonyl (C=O) groups is 1. The average Bonchev–Trinajstić information content (AvgIpc) is 2.80. The van der Waals surface area contributed by atoms with Crippen LogP contribution in [0.4, 0.5) is 5.69 Å². The Kier molecular flexibility index (Phi) is 5.20. The summed E-state index contributed by atoms with van der Waals surface area (Å²) in [5.41, 5.74) is 6.78. The number of nitrogen functional groups attached to an aromatic ring is 1. The van der Waals surface area contributed by atoms with Gasteiger partial charge in [-0.3, -0.25) is 4.79 Å². The molecule has 0 radical (unpaired) electrons. The molecule has 2 N–H and O–H groups in total. The number of rotatable bonds is 6. The predicted molar refractivity (Wildman–Crippen MR) is 91.0 cm³/mol. The molecule has 1 heterocycles. The van der Waals surface area contributed by atoms with Crippen molar-refractivity contribution in [1.29, 1.82) is 0 Å². The summed E-state index contributed by atoms with van der Waals surface area (Å²) >= 11 is 1.49. The van der Waals surface area contributed by atoms with Gasteiger partial charge >= 0.3 is 0 Å². The third kappa shape index (κ3) is 3.54. The van der Waals surface area contributed by atoms with Crippen LogP contribution in [-0.2, 0) is 0 Å². The fourth-order valence-corrected chi connectivity index (χ4v) is 3.44. The van der Waals surface area contributed by atoms with Crippen LogP contribution in [0, 0.1) is 0 Å². The lowest BCUT2D eigenvalue weighted by atomic mass is 10.2. The van der Waals surface area contributed by atoms with Gasteiger partial charge in [0.1, 0.15) is 4.88 Å². The number of thiophene rings is 1. The number of amides is 1. The summed E-state index contributed by atoms with van der Waals surface area (Å²) in [4.78, 5) is 17.4. The van der Waals surface area contributed by atoms with Crippen LogP contribution < -0.4 is 5.73 Å². The summed E-state index contributed by atoms with van der Waals surface area (Å²) < 4.78 is 1.07. The third-order valence-corrected chi connectivity index (χ3v) is 4.70. The van der Waals surface area contributed by atoms with Gasteiger partial charge in [-0.05, 0) is 40.1 Å². The molecule has 1 aromatic carbocycles. The van der Waals surface area contributed by atoms with Gasteiger partial charge < -0.3 is 15.5 Å². The topological polar surface area (TPSA) is 49.6 Å². The molecule has 5 heteroatoms. The van der Waals surface area contributed by atoms with E-state index in [9.17, 15) is 4.79 Å². The molecule has 0 atom stereocenters. The molecule has 0 aliphatic rings. The zero-order valence-electron chi connectivity index (χ0n) is 12.9. The number of nitrogens with two attached hydrogens (primary N) is 1. The van der Waals surface area contributed by atoms with E-state index in [1.807, 2.05) is 50.2 Å². The molecular formula is C16H23N3OS. The van der Waals surface area contributed by atoms with Crippen molar-refractivity contribution in [2.75, 3.05) is 39.5 Å². The first-order valence-corrected chi connectivity index (χ1v) is 8.07. The van der Waals surface area contributed by atoms with Gasteiger partial charge in [-0.15, -0.1) is 11.3 Å². The van der Waals surface area contributed by atoms with E-state index in [2.05, 4.69) is 4.90 Å². The van der Waals surface area contributed by atoms with Crippen molar-refractivity contribution in [1.82, 2.24) is 9.80 Å². The van der Waals surface area contributed by atoms with Gasteiger partial charge in [0.05, 0.1) is 5.69 Å². The van der Waals surface area contributed by atoms with E-state index in [1.165, 1.54) is 11.3 Å². The van der Waals surface area contributed by atoms with E-state index in [0.717, 1.165) is 29.6 Å². The number of hydrogen-bond acceptors (Lipinski definition) is 4. The second-order valence-electron chi connectivity index (χ2n) is 5.38. The molecule has 21 heavy (non-hydrogen) atoms. The van der Waals surface area contributed by atoms with Gasteiger partial charge in [0.25, 0.3) is 5.91 Å². The van der Waals surface area contributed by atoms with Crippen molar-refractivity contribution < 1.29 is 4.79 Å². The molecule has 0 saturated heterocycles. The standard InChI is InChI=1S/C16H23N3OS/c1-4-19(11-7-10-18(2)3)16(20)15-14(17)12-8-5-6-9-13(12)21-15/h5-6,8-9H,4,7,10-11,17H2,1-3H3. The van der Waals surface area contributed by atoms with Crippen LogP contribution >= 0.6 is 11.3 Å². The molecule has 0 aliphatic carbocycles. The van der Waals surface area contributed by atoms with Crippen LogP contribution in [0.1, 0.15) is 23.0 Å². The second kappa shape index (κ2) is 6.91. The highest BCUT2D eigenvalue weighted by atomic mass is 32.1. The maximum Gasteiger partial charge on any atom is 0.266 e. The lowest BCUT2D eigenvalue weighted by Gasteiger charge is -2.21. The van der Waals surface area contributed by atoms with Crippen molar-refractivity contribution in [3.63, 3.8) is 0 Å². The van der Waals surface area contributed by atoms with Crippen LogP contribution in [0.2, 0.25) is 0 Å². The van der Waals surface area contributed by atoms with Gasteiger partial charge in [-0.25, -0.2) is 0 Å². The Morgan fingerprint density at radius 3 is 2.57 bits per heavy atom. The molecular weight excluding hydrogens is 282 g/mol. The van der Waals surface area contributed by atoms with E-state index < -0.39 is 0 Å². The van der Waals surface area contributed by atoms with Gasteiger partial charge in [-0.2, -0.15) is 0 Å². The molecule has 2 rings (SSSR count). The number of hydrogen-bond donors (Lipinski definition) is 1. The molecule has 0 unspecified atom stereocenters. The summed E-state index contributed by atoms with van der Waals surface area (Å²) in [6, 6.07) is 7.91. The maximum atomic E-state index is 12.7. The van der Waals surface area contributed by atoms with E-state index >= 15 is 0 Å².